The number of nitrogens with zero attached hydrogens (tertiary/aromatic N) is 3. The summed E-state index contributed by atoms with van der Waals surface area (Å²) in [6, 6.07) is 11.7. The van der Waals surface area contributed by atoms with Crippen molar-refractivity contribution < 1.29 is 0 Å². The van der Waals surface area contributed by atoms with Crippen molar-refractivity contribution in [3.63, 3.8) is 0 Å². The summed E-state index contributed by atoms with van der Waals surface area (Å²) in [6.45, 7) is 0. The van der Waals surface area contributed by atoms with Crippen LogP contribution in [0.15, 0.2) is 36.5 Å². The Balaban J connectivity index is 1.75. The molecule has 0 aliphatic heterocycles. The van der Waals surface area contributed by atoms with Crippen LogP contribution in [-0.4, -0.2) is 15.7 Å². The molecule has 1 saturated carbocycles. The topological polar surface area (TPSA) is 61.6 Å². The molecule has 0 spiro atoms. The molecule has 100 valence electrons. The Kier molecular flexibility index (Phi) is 3.29. The van der Waals surface area contributed by atoms with E-state index < -0.39 is 0 Å². The number of rotatable bonds is 4. The Morgan fingerprint density at radius 3 is 2.90 bits per heavy atom. The summed E-state index contributed by atoms with van der Waals surface area (Å²) >= 11 is 6.02. The lowest BCUT2D eigenvalue weighted by molar-refractivity contribution is 0.717. The van der Waals surface area contributed by atoms with Crippen LogP contribution in [0.2, 0.25) is 5.02 Å². The highest BCUT2D eigenvalue weighted by Crippen LogP contribution is 2.41. The van der Waals surface area contributed by atoms with E-state index >= 15 is 0 Å². The number of aromatic nitrogens is 2. The Labute approximate surface area is 122 Å². The van der Waals surface area contributed by atoms with E-state index in [-0.39, 0.29) is 5.54 Å². The van der Waals surface area contributed by atoms with Crippen LogP contribution in [0, 0.1) is 11.3 Å². The van der Waals surface area contributed by atoms with Crippen molar-refractivity contribution in [2.45, 2.75) is 24.8 Å². The van der Waals surface area contributed by atoms with Gasteiger partial charge in [0.1, 0.15) is 11.9 Å². The molecule has 1 aliphatic carbocycles. The molecule has 1 aromatic heterocycles. The Bertz CT molecular complexity index is 674. The number of nitrogens with one attached hydrogen (secondary N) is 1. The van der Waals surface area contributed by atoms with Gasteiger partial charge in [0.2, 0.25) is 0 Å². The van der Waals surface area contributed by atoms with Crippen LogP contribution in [0.25, 0.3) is 0 Å². The number of hydrogen-bond donors (Lipinski definition) is 1. The van der Waals surface area contributed by atoms with E-state index in [1.807, 2.05) is 18.2 Å². The van der Waals surface area contributed by atoms with Gasteiger partial charge in [0, 0.05) is 16.6 Å². The van der Waals surface area contributed by atoms with Crippen molar-refractivity contribution in [1.82, 2.24) is 10.2 Å². The van der Waals surface area contributed by atoms with Crippen molar-refractivity contribution >= 4 is 17.4 Å². The van der Waals surface area contributed by atoms with E-state index in [0.29, 0.717) is 11.4 Å². The van der Waals surface area contributed by atoms with Gasteiger partial charge in [-0.1, -0.05) is 23.7 Å². The molecule has 1 aromatic carbocycles. The van der Waals surface area contributed by atoms with Gasteiger partial charge in [-0.05, 0) is 37.0 Å². The van der Waals surface area contributed by atoms with Crippen LogP contribution < -0.4 is 5.32 Å². The summed E-state index contributed by atoms with van der Waals surface area (Å²) in [6.07, 6.45) is 4.52. The first-order valence-corrected chi connectivity index (χ1v) is 6.82. The Morgan fingerprint density at radius 2 is 2.20 bits per heavy atom. The highest BCUT2D eigenvalue weighted by molar-refractivity contribution is 6.30. The smallest absolute Gasteiger partial charge is 0.150 e. The van der Waals surface area contributed by atoms with Gasteiger partial charge in [-0.2, -0.15) is 10.4 Å². The summed E-state index contributed by atoms with van der Waals surface area (Å²) in [5, 5.41) is 20.9. The molecule has 1 fully saturated rings. The van der Waals surface area contributed by atoms with E-state index in [9.17, 15) is 0 Å². The zero-order chi connectivity index (χ0) is 14.0. The number of halogens is 1. The van der Waals surface area contributed by atoms with Gasteiger partial charge < -0.3 is 5.32 Å². The van der Waals surface area contributed by atoms with Gasteiger partial charge >= 0.3 is 0 Å². The van der Waals surface area contributed by atoms with E-state index in [2.05, 4.69) is 27.6 Å². The van der Waals surface area contributed by atoms with Crippen molar-refractivity contribution in [1.29, 1.82) is 5.26 Å². The zero-order valence-corrected chi connectivity index (χ0v) is 11.6. The first-order valence-electron chi connectivity index (χ1n) is 6.45. The maximum absolute atomic E-state index is 8.88. The van der Waals surface area contributed by atoms with E-state index in [1.165, 1.54) is 11.8 Å². The van der Waals surface area contributed by atoms with Crippen LogP contribution in [0.4, 0.5) is 5.82 Å². The van der Waals surface area contributed by atoms with Crippen molar-refractivity contribution in [2.24, 2.45) is 0 Å². The number of anilines is 1. The molecule has 0 radical (unpaired) electrons. The molecule has 20 heavy (non-hydrogen) atoms. The molecule has 0 saturated heterocycles. The Hall–Kier alpha value is -2.12. The number of hydrogen-bond acceptors (Lipinski definition) is 4. The van der Waals surface area contributed by atoms with Crippen molar-refractivity contribution in [3.05, 3.63) is 52.7 Å². The summed E-state index contributed by atoms with van der Waals surface area (Å²) in [4.78, 5) is 0. The zero-order valence-electron chi connectivity index (χ0n) is 10.8. The normalized spacial score (nSPS) is 15.4. The lowest BCUT2D eigenvalue weighted by Crippen LogP contribution is -2.25. The Morgan fingerprint density at radius 1 is 1.35 bits per heavy atom. The quantitative estimate of drug-likeness (QED) is 0.936. The van der Waals surface area contributed by atoms with Gasteiger partial charge in [-0.3, -0.25) is 0 Å². The third-order valence-corrected chi connectivity index (χ3v) is 3.70. The second-order valence-electron chi connectivity index (χ2n) is 5.15. The second-order valence-corrected chi connectivity index (χ2v) is 5.59. The second kappa shape index (κ2) is 5.10. The molecule has 4 nitrogen and oxygen atoms in total. The molecule has 1 heterocycles. The summed E-state index contributed by atoms with van der Waals surface area (Å²) in [7, 11) is 0. The number of benzene rings is 1. The van der Waals surface area contributed by atoms with Crippen LogP contribution >= 0.6 is 11.6 Å². The minimum Gasteiger partial charge on any atom is -0.363 e. The predicted molar refractivity (Wildman–Crippen MR) is 77.5 cm³/mol. The van der Waals surface area contributed by atoms with Gasteiger partial charge in [-0.25, -0.2) is 0 Å². The number of nitriles is 1. The first kappa shape index (κ1) is 12.9. The molecule has 2 aromatic rings. The van der Waals surface area contributed by atoms with E-state index in [4.69, 9.17) is 16.9 Å². The maximum Gasteiger partial charge on any atom is 0.150 e. The summed E-state index contributed by atoms with van der Waals surface area (Å²) in [5.41, 5.74) is 1.74. The van der Waals surface area contributed by atoms with Gasteiger partial charge in [0.05, 0.1) is 11.8 Å². The van der Waals surface area contributed by atoms with Gasteiger partial charge in [0.15, 0.2) is 0 Å². The molecule has 1 N–H and O–H groups in total. The average molecular weight is 285 g/mol. The third-order valence-electron chi connectivity index (χ3n) is 3.46. The fourth-order valence-corrected chi connectivity index (χ4v) is 2.51. The van der Waals surface area contributed by atoms with Crippen molar-refractivity contribution in [3.8, 4) is 6.07 Å². The molecule has 1 aliphatic rings. The molecule has 0 bridgehead atoms. The van der Waals surface area contributed by atoms with Crippen molar-refractivity contribution in [2.75, 3.05) is 5.32 Å². The molecule has 0 amide bonds. The minimum atomic E-state index is 0.0213. The lowest BCUT2D eigenvalue weighted by Gasteiger charge is -2.18. The van der Waals surface area contributed by atoms with E-state index in [1.54, 1.807) is 6.07 Å². The maximum atomic E-state index is 8.88. The fourth-order valence-electron chi connectivity index (χ4n) is 2.30. The van der Waals surface area contributed by atoms with Crippen LogP contribution in [0.3, 0.4) is 0 Å². The summed E-state index contributed by atoms with van der Waals surface area (Å²) < 4.78 is 0. The highest BCUT2D eigenvalue weighted by Gasteiger charge is 2.43. The van der Waals surface area contributed by atoms with Gasteiger partial charge in [-0.15, -0.1) is 5.10 Å². The molecular formula is C15H13ClN4. The highest BCUT2D eigenvalue weighted by atomic mass is 35.5. The molecule has 0 unspecified atom stereocenters. The van der Waals surface area contributed by atoms with E-state index in [0.717, 1.165) is 24.3 Å². The molecule has 0 atom stereocenters. The predicted octanol–water partition coefficient (Wildman–Crippen LogP) is 3.19. The summed E-state index contributed by atoms with van der Waals surface area (Å²) in [5.74, 6) is 0.656. The first-order chi connectivity index (χ1) is 9.69. The monoisotopic (exact) mass is 284 g/mol. The van der Waals surface area contributed by atoms with Gasteiger partial charge in [0.25, 0.3) is 0 Å². The van der Waals surface area contributed by atoms with Crippen LogP contribution in [-0.2, 0) is 6.42 Å². The lowest BCUT2D eigenvalue weighted by atomic mass is 10.0. The largest absolute Gasteiger partial charge is 0.363 e. The minimum absolute atomic E-state index is 0.0213. The molecule has 5 heteroatoms. The fraction of sp³-hybridized carbons (Fsp3) is 0.267. The third kappa shape index (κ3) is 2.89. The molecular weight excluding hydrogens is 272 g/mol. The SMILES string of the molecule is N#Cc1cnnc(NC2(Cc3cccc(Cl)c3)CC2)c1. The van der Waals surface area contributed by atoms with Crippen LogP contribution in [0.5, 0.6) is 0 Å². The average Bonchev–Trinajstić information content (AvgIpc) is 3.18. The molecule has 3 rings (SSSR count). The standard InChI is InChI=1S/C15H13ClN4/c16-13-3-1-2-11(6-13)8-15(4-5-15)19-14-7-12(9-17)10-18-20-14/h1-3,6-7,10H,4-5,8H2,(H,19,20). The van der Waals surface area contributed by atoms with Crippen LogP contribution in [0.1, 0.15) is 24.0 Å².